The highest BCUT2D eigenvalue weighted by molar-refractivity contribution is 5.95. The van der Waals surface area contributed by atoms with Crippen molar-refractivity contribution in [3.63, 3.8) is 0 Å². The first kappa shape index (κ1) is 33.8. The molecule has 7 aromatic rings. The predicted molar refractivity (Wildman–Crippen MR) is 223 cm³/mol. The van der Waals surface area contributed by atoms with Crippen LogP contribution in [0.4, 0.5) is 0 Å². The van der Waals surface area contributed by atoms with Gasteiger partial charge in [-0.05, 0) is 87.7 Å². The molecule has 264 valence electrons. The molecule has 2 aliphatic carbocycles. The van der Waals surface area contributed by atoms with Crippen molar-refractivity contribution in [3.8, 4) is 56.4 Å². The lowest BCUT2D eigenvalue weighted by atomic mass is 9.63. The van der Waals surface area contributed by atoms with E-state index in [4.69, 9.17) is 19.9 Å². The number of nitrogens with zero attached hydrogens (tertiary/aromatic N) is 4. The molecular weight excluding hydrogens is 657 g/mol. The number of aromatic nitrogens is 4. The van der Waals surface area contributed by atoms with Crippen LogP contribution in [0.2, 0.25) is 0 Å². The Bertz CT molecular complexity index is 2570. The fraction of sp³-hybridized carbons (Fsp3) is 0.200. The van der Waals surface area contributed by atoms with Gasteiger partial charge < -0.3 is 0 Å². The molecule has 0 aliphatic heterocycles. The molecule has 1 unspecified atom stereocenters. The summed E-state index contributed by atoms with van der Waals surface area (Å²) >= 11 is 0. The molecule has 0 N–H and O–H groups in total. The summed E-state index contributed by atoms with van der Waals surface area (Å²) in [6.45, 7) is 9.55. The third kappa shape index (κ3) is 6.36. The minimum Gasteiger partial charge on any atom is -0.256 e. The van der Waals surface area contributed by atoms with E-state index in [1.807, 2.05) is 30.5 Å². The van der Waals surface area contributed by atoms with Gasteiger partial charge in [-0.2, -0.15) is 0 Å². The quantitative estimate of drug-likeness (QED) is 0.173. The Morgan fingerprint density at radius 2 is 1.17 bits per heavy atom. The normalized spacial score (nSPS) is 17.0. The van der Waals surface area contributed by atoms with Crippen molar-refractivity contribution in [2.24, 2.45) is 0 Å². The number of pyridine rings is 1. The first-order valence-electron chi connectivity index (χ1n) is 19.1. The Kier molecular flexibility index (Phi) is 8.42. The molecule has 9 rings (SSSR count). The Hall–Kier alpha value is -6.00. The van der Waals surface area contributed by atoms with Crippen molar-refractivity contribution < 1.29 is 0 Å². The van der Waals surface area contributed by atoms with Gasteiger partial charge in [-0.25, -0.2) is 15.0 Å². The Morgan fingerprint density at radius 1 is 0.519 bits per heavy atom. The molecule has 0 amide bonds. The molecule has 0 saturated heterocycles. The van der Waals surface area contributed by atoms with E-state index in [1.54, 1.807) is 0 Å². The smallest absolute Gasteiger partial charge is 0.164 e. The van der Waals surface area contributed by atoms with E-state index in [0.717, 1.165) is 57.1 Å². The van der Waals surface area contributed by atoms with Crippen LogP contribution in [0.3, 0.4) is 0 Å². The summed E-state index contributed by atoms with van der Waals surface area (Å²) in [6.07, 6.45) is 14.0. The van der Waals surface area contributed by atoms with E-state index in [2.05, 4.69) is 149 Å². The number of allylic oxidation sites excluding steroid dienone is 4. The molecule has 2 aromatic heterocycles. The summed E-state index contributed by atoms with van der Waals surface area (Å²) in [5.74, 6) is 2.32. The number of rotatable bonds is 6. The maximum Gasteiger partial charge on any atom is 0.164 e. The van der Waals surface area contributed by atoms with Crippen LogP contribution in [-0.2, 0) is 10.8 Å². The van der Waals surface area contributed by atoms with Crippen molar-refractivity contribution in [2.45, 2.75) is 63.7 Å². The number of benzene rings is 5. The second-order valence-electron chi connectivity index (χ2n) is 16.2. The van der Waals surface area contributed by atoms with Gasteiger partial charge >= 0.3 is 0 Å². The van der Waals surface area contributed by atoms with Gasteiger partial charge in [0.25, 0.3) is 0 Å². The molecule has 5 aromatic carbocycles. The van der Waals surface area contributed by atoms with Crippen molar-refractivity contribution in [1.29, 1.82) is 0 Å². The van der Waals surface area contributed by atoms with Gasteiger partial charge in [0.15, 0.2) is 17.5 Å². The average molecular weight is 701 g/mol. The lowest BCUT2D eigenvalue weighted by molar-refractivity contribution is 0.332. The Balaban J connectivity index is 1.24. The van der Waals surface area contributed by atoms with Gasteiger partial charge in [-0.15, -0.1) is 0 Å². The van der Waals surface area contributed by atoms with Crippen LogP contribution in [0.1, 0.15) is 69.6 Å². The van der Waals surface area contributed by atoms with Crippen molar-refractivity contribution in [1.82, 2.24) is 19.9 Å². The average Bonchev–Trinajstić information content (AvgIpc) is 3.22. The molecule has 0 bridgehead atoms. The van der Waals surface area contributed by atoms with E-state index in [9.17, 15) is 0 Å². The minimum absolute atomic E-state index is 0.0913. The fourth-order valence-electron chi connectivity index (χ4n) is 8.24. The zero-order chi connectivity index (χ0) is 36.9. The van der Waals surface area contributed by atoms with Crippen LogP contribution in [0.15, 0.2) is 152 Å². The number of hydrogen-bond acceptors (Lipinski definition) is 4. The van der Waals surface area contributed by atoms with Crippen LogP contribution in [-0.4, -0.2) is 19.9 Å². The molecule has 0 fully saturated rings. The van der Waals surface area contributed by atoms with E-state index in [1.165, 1.54) is 28.7 Å². The highest BCUT2D eigenvalue weighted by atomic mass is 15.0. The zero-order valence-electron chi connectivity index (χ0n) is 31.4. The van der Waals surface area contributed by atoms with Crippen LogP contribution in [0.5, 0.6) is 0 Å². The molecule has 54 heavy (non-hydrogen) atoms. The van der Waals surface area contributed by atoms with E-state index < -0.39 is 0 Å². The first-order chi connectivity index (χ1) is 26.2. The van der Waals surface area contributed by atoms with Crippen LogP contribution in [0.25, 0.3) is 67.3 Å². The van der Waals surface area contributed by atoms with Gasteiger partial charge in [-0.1, -0.05) is 149 Å². The van der Waals surface area contributed by atoms with E-state index >= 15 is 0 Å². The molecule has 0 saturated carbocycles. The molecule has 0 radical (unpaired) electrons. The van der Waals surface area contributed by atoms with Gasteiger partial charge in [0, 0.05) is 39.8 Å². The summed E-state index contributed by atoms with van der Waals surface area (Å²) in [4.78, 5) is 20.3. The summed E-state index contributed by atoms with van der Waals surface area (Å²) in [6, 6.07) is 43.4. The van der Waals surface area contributed by atoms with Gasteiger partial charge in [-0.3, -0.25) is 4.98 Å². The highest BCUT2D eigenvalue weighted by Crippen LogP contribution is 2.47. The van der Waals surface area contributed by atoms with Gasteiger partial charge in [0.05, 0.1) is 5.52 Å². The predicted octanol–water partition coefficient (Wildman–Crippen LogP) is 12.7. The third-order valence-electron chi connectivity index (χ3n) is 11.6. The second kappa shape index (κ2) is 13.4. The fourth-order valence-corrected chi connectivity index (χ4v) is 8.24. The molecule has 1 atom stereocenters. The SMILES string of the molecule is CC1(C)CCC(C)(C)c2cc(-c3cc(-c4nc(-c5ccccc5)nc(-c5ccc(C6C=CC=CC6)cc5)n4)cc(-c4cccc5cccnc45)c3)ccc21. The molecular formula is C50H44N4. The Labute approximate surface area is 318 Å². The maximum atomic E-state index is 5.22. The Morgan fingerprint density at radius 3 is 1.91 bits per heavy atom. The standard InChI is InChI=1S/C50H44N4/c1-49(2)26-27-50(3,4)44-32-38(24-25-43(44)49)39-29-40(42-19-11-17-35-18-12-28-51-45(35)42)31-41(30-39)48-53-46(36-15-9-6-10-16-36)52-47(54-48)37-22-20-34(21-23-37)33-13-7-5-8-14-33/h5-13,15-25,28-33H,14,26-27H2,1-4H3. The van der Waals surface area contributed by atoms with Crippen molar-refractivity contribution in [3.05, 3.63) is 169 Å². The lowest BCUT2D eigenvalue weighted by Crippen LogP contribution is -2.33. The van der Waals surface area contributed by atoms with E-state index in [-0.39, 0.29) is 10.8 Å². The topological polar surface area (TPSA) is 51.6 Å². The largest absolute Gasteiger partial charge is 0.256 e. The van der Waals surface area contributed by atoms with Gasteiger partial charge in [0.1, 0.15) is 0 Å². The molecule has 4 nitrogen and oxygen atoms in total. The number of hydrogen-bond donors (Lipinski definition) is 0. The summed E-state index contributed by atoms with van der Waals surface area (Å²) in [7, 11) is 0. The molecule has 2 heterocycles. The highest BCUT2D eigenvalue weighted by Gasteiger charge is 2.37. The third-order valence-corrected chi connectivity index (χ3v) is 11.6. The number of para-hydroxylation sites is 1. The van der Waals surface area contributed by atoms with Crippen molar-refractivity contribution >= 4 is 10.9 Å². The number of fused-ring (bicyclic) bond motifs is 2. The van der Waals surface area contributed by atoms with E-state index in [0.29, 0.717) is 23.4 Å². The summed E-state index contributed by atoms with van der Waals surface area (Å²) in [5.41, 5.74) is 12.7. The van der Waals surface area contributed by atoms with Gasteiger partial charge in [0.2, 0.25) is 0 Å². The molecule has 0 spiro atoms. The zero-order valence-corrected chi connectivity index (χ0v) is 31.4. The van der Waals surface area contributed by atoms with Crippen LogP contribution in [0, 0.1) is 0 Å². The lowest BCUT2D eigenvalue weighted by Gasteiger charge is -2.42. The van der Waals surface area contributed by atoms with Crippen LogP contribution < -0.4 is 0 Å². The molecule has 4 heteroatoms. The second-order valence-corrected chi connectivity index (χ2v) is 16.2. The minimum atomic E-state index is 0.0913. The summed E-state index contributed by atoms with van der Waals surface area (Å²) < 4.78 is 0. The molecule has 2 aliphatic rings. The summed E-state index contributed by atoms with van der Waals surface area (Å²) in [5, 5.41) is 1.11. The maximum absolute atomic E-state index is 5.22. The monoisotopic (exact) mass is 700 g/mol. The van der Waals surface area contributed by atoms with Crippen LogP contribution >= 0.6 is 0 Å². The van der Waals surface area contributed by atoms with Crippen molar-refractivity contribution in [2.75, 3.05) is 0 Å². The first-order valence-corrected chi connectivity index (χ1v) is 19.1.